The number of anilines is 1. The standard InChI is InChI=1S/C25H25BrN2O4S/c1-32-22-8-10-23(11-9-22)33(30,31)27(15-13-19-5-3-2-4-6-19)18-25(29)28-16-14-20-17-21(26)7-12-24(20)28/h2-12,17H,13-16,18H2,1H3. The van der Waals surface area contributed by atoms with Crippen LogP contribution in [0.15, 0.2) is 82.2 Å². The Bertz CT molecular complexity index is 1230. The Morgan fingerprint density at radius 1 is 1.06 bits per heavy atom. The quantitative estimate of drug-likeness (QED) is 0.437. The molecule has 33 heavy (non-hydrogen) atoms. The summed E-state index contributed by atoms with van der Waals surface area (Å²) in [6, 6.07) is 21.7. The highest BCUT2D eigenvalue weighted by molar-refractivity contribution is 9.10. The van der Waals surface area contributed by atoms with Crippen LogP contribution in [-0.4, -0.2) is 45.4 Å². The summed E-state index contributed by atoms with van der Waals surface area (Å²) < 4.78 is 34.4. The molecule has 0 aliphatic carbocycles. The van der Waals surface area contributed by atoms with Crippen molar-refractivity contribution in [3.63, 3.8) is 0 Å². The average Bonchev–Trinajstić information content (AvgIpc) is 3.25. The molecular weight excluding hydrogens is 504 g/mol. The maximum absolute atomic E-state index is 13.5. The summed E-state index contributed by atoms with van der Waals surface area (Å²) in [5.74, 6) is 0.335. The van der Waals surface area contributed by atoms with Gasteiger partial charge < -0.3 is 9.64 Å². The molecule has 0 saturated heterocycles. The molecule has 0 unspecified atom stereocenters. The van der Waals surface area contributed by atoms with Crippen molar-refractivity contribution in [1.29, 1.82) is 0 Å². The van der Waals surface area contributed by atoms with Crippen LogP contribution < -0.4 is 9.64 Å². The van der Waals surface area contributed by atoms with E-state index in [2.05, 4.69) is 15.9 Å². The molecule has 0 spiro atoms. The Balaban J connectivity index is 1.59. The van der Waals surface area contributed by atoms with E-state index in [9.17, 15) is 13.2 Å². The number of carbonyl (C=O) groups is 1. The molecule has 172 valence electrons. The monoisotopic (exact) mass is 528 g/mol. The Labute approximate surface area is 203 Å². The van der Waals surface area contributed by atoms with Crippen molar-refractivity contribution in [2.24, 2.45) is 0 Å². The van der Waals surface area contributed by atoms with E-state index < -0.39 is 10.0 Å². The van der Waals surface area contributed by atoms with Gasteiger partial charge in [-0.15, -0.1) is 0 Å². The van der Waals surface area contributed by atoms with E-state index in [-0.39, 0.29) is 23.9 Å². The van der Waals surface area contributed by atoms with Crippen LogP contribution >= 0.6 is 15.9 Å². The SMILES string of the molecule is COc1ccc(S(=O)(=O)N(CCc2ccccc2)CC(=O)N2CCc3cc(Br)ccc32)cc1. The van der Waals surface area contributed by atoms with Crippen LogP contribution in [-0.2, 0) is 27.7 Å². The highest BCUT2D eigenvalue weighted by Crippen LogP contribution is 2.31. The van der Waals surface area contributed by atoms with Gasteiger partial charge in [0.05, 0.1) is 18.6 Å². The summed E-state index contributed by atoms with van der Waals surface area (Å²) >= 11 is 3.47. The van der Waals surface area contributed by atoms with Gasteiger partial charge in [0, 0.05) is 23.2 Å². The molecule has 0 fully saturated rings. The smallest absolute Gasteiger partial charge is 0.243 e. The third-order valence-electron chi connectivity index (χ3n) is 5.74. The summed E-state index contributed by atoms with van der Waals surface area (Å²) in [7, 11) is -2.35. The lowest BCUT2D eigenvalue weighted by molar-refractivity contribution is -0.118. The van der Waals surface area contributed by atoms with Crippen molar-refractivity contribution in [2.45, 2.75) is 17.7 Å². The fourth-order valence-corrected chi connectivity index (χ4v) is 5.74. The van der Waals surface area contributed by atoms with E-state index >= 15 is 0 Å². The fraction of sp³-hybridized carbons (Fsp3) is 0.240. The number of rotatable bonds is 8. The molecule has 6 nitrogen and oxygen atoms in total. The van der Waals surface area contributed by atoms with Gasteiger partial charge in [-0.05, 0) is 66.4 Å². The predicted molar refractivity (Wildman–Crippen MR) is 132 cm³/mol. The number of hydrogen-bond donors (Lipinski definition) is 0. The third kappa shape index (κ3) is 5.29. The molecule has 0 aromatic heterocycles. The van der Waals surface area contributed by atoms with Gasteiger partial charge in [0.25, 0.3) is 0 Å². The topological polar surface area (TPSA) is 66.9 Å². The van der Waals surface area contributed by atoms with E-state index in [1.165, 1.54) is 23.5 Å². The first-order valence-electron chi connectivity index (χ1n) is 10.7. The summed E-state index contributed by atoms with van der Waals surface area (Å²) in [6.07, 6.45) is 1.25. The molecule has 1 aliphatic rings. The minimum absolute atomic E-state index is 0.134. The first-order chi connectivity index (χ1) is 15.9. The Kier molecular flexibility index (Phi) is 7.17. The van der Waals surface area contributed by atoms with Crippen molar-refractivity contribution in [1.82, 2.24) is 4.31 Å². The lowest BCUT2D eigenvalue weighted by Gasteiger charge is -2.25. The number of hydrogen-bond acceptors (Lipinski definition) is 4. The fourth-order valence-electron chi connectivity index (χ4n) is 3.95. The number of methoxy groups -OCH3 is 1. The highest BCUT2D eigenvalue weighted by atomic mass is 79.9. The van der Waals surface area contributed by atoms with Gasteiger partial charge >= 0.3 is 0 Å². The molecular formula is C25H25BrN2O4S. The number of halogens is 1. The van der Waals surface area contributed by atoms with Gasteiger partial charge in [-0.2, -0.15) is 4.31 Å². The van der Waals surface area contributed by atoms with Gasteiger partial charge in [0.1, 0.15) is 5.75 Å². The van der Waals surface area contributed by atoms with Crippen LogP contribution in [0.3, 0.4) is 0 Å². The Morgan fingerprint density at radius 2 is 1.79 bits per heavy atom. The van der Waals surface area contributed by atoms with E-state index in [1.807, 2.05) is 48.5 Å². The Morgan fingerprint density at radius 3 is 2.48 bits per heavy atom. The molecule has 0 N–H and O–H groups in total. The number of ether oxygens (including phenoxy) is 1. The molecule has 1 aliphatic heterocycles. The van der Waals surface area contributed by atoms with Gasteiger partial charge in [-0.3, -0.25) is 4.79 Å². The van der Waals surface area contributed by atoms with E-state index in [0.717, 1.165) is 27.7 Å². The summed E-state index contributed by atoms with van der Waals surface area (Å²) in [5.41, 5.74) is 2.93. The zero-order valence-electron chi connectivity index (χ0n) is 18.3. The van der Waals surface area contributed by atoms with Gasteiger partial charge in [0.15, 0.2) is 0 Å². The second kappa shape index (κ2) is 10.1. The molecule has 1 heterocycles. The number of fused-ring (bicyclic) bond motifs is 1. The van der Waals surface area contributed by atoms with Crippen molar-refractivity contribution >= 4 is 37.5 Å². The maximum atomic E-state index is 13.5. The van der Waals surface area contributed by atoms with Crippen LogP contribution in [0, 0.1) is 0 Å². The normalized spacial score (nSPS) is 13.2. The lowest BCUT2D eigenvalue weighted by Crippen LogP contribution is -2.43. The number of sulfonamides is 1. The van der Waals surface area contributed by atoms with Crippen LogP contribution in [0.25, 0.3) is 0 Å². The second-order valence-electron chi connectivity index (χ2n) is 7.82. The molecule has 0 saturated carbocycles. The van der Waals surface area contributed by atoms with Crippen LogP contribution in [0.2, 0.25) is 0 Å². The van der Waals surface area contributed by atoms with E-state index in [1.54, 1.807) is 17.0 Å². The van der Waals surface area contributed by atoms with Crippen molar-refractivity contribution in [3.8, 4) is 5.75 Å². The minimum atomic E-state index is -3.88. The molecule has 0 radical (unpaired) electrons. The lowest BCUT2D eigenvalue weighted by atomic mass is 10.1. The summed E-state index contributed by atoms with van der Waals surface area (Å²) in [4.78, 5) is 15.1. The molecule has 4 rings (SSSR count). The van der Waals surface area contributed by atoms with E-state index in [4.69, 9.17) is 4.74 Å². The summed E-state index contributed by atoms with van der Waals surface area (Å²) in [5, 5.41) is 0. The zero-order chi connectivity index (χ0) is 23.4. The van der Waals surface area contributed by atoms with Crippen LogP contribution in [0.4, 0.5) is 5.69 Å². The van der Waals surface area contributed by atoms with Crippen molar-refractivity contribution in [3.05, 3.63) is 88.4 Å². The van der Waals surface area contributed by atoms with E-state index in [0.29, 0.717) is 18.7 Å². The molecule has 3 aromatic carbocycles. The largest absolute Gasteiger partial charge is 0.497 e. The molecule has 3 aromatic rings. The number of carbonyl (C=O) groups excluding carboxylic acids is 1. The minimum Gasteiger partial charge on any atom is -0.497 e. The number of amides is 1. The second-order valence-corrected chi connectivity index (χ2v) is 10.7. The number of benzene rings is 3. The molecule has 1 amide bonds. The zero-order valence-corrected chi connectivity index (χ0v) is 20.7. The average molecular weight is 529 g/mol. The van der Waals surface area contributed by atoms with Crippen LogP contribution in [0.5, 0.6) is 5.75 Å². The van der Waals surface area contributed by atoms with Gasteiger partial charge in [-0.1, -0.05) is 46.3 Å². The third-order valence-corrected chi connectivity index (χ3v) is 8.09. The summed E-state index contributed by atoms with van der Waals surface area (Å²) in [6.45, 7) is 0.515. The molecule has 8 heteroatoms. The molecule has 0 bridgehead atoms. The van der Waals surface area contributed by atoms with Gasteiger partial charge in [-0.25, -0.2) is 8.42 Å². The van der Waals surface area contributed by atoms with Crippen molar-refractivity contribution in [2.75, 3.05) is 31.6 Å². The number of nitrogens with zero attached hydrogens (tertiary/aromatic N) is 2. The predicted octanol–water partition coefficient (Wildman–Crippen LogP) is 4.28. The van der Waals surface area contributed by atoms with Gasteiger partial charge in [0.2, 0.25) is 15.9 Å². The first-order valence-corrected chi connectivity index (χ1v) is 12.9. The van der Waals surface area contributed by atoms with Crippen LogP contribution in [0.1, 0.15) is 11.1 Å². The molecule has 0 atom stereocenters. The van der Waals surface area contributed by atoms with Crippen molar-refractivity contribution < 1.29 is 17.9 Å². The Hall–Kier alpha value is -2.68. The highest BCUT2D eigenvalue weighted by Gasteiger charge is 2.31. The maximum Gasteiger partial charge on any atom is 0.243 e. The first kappa shape index (κ1) is 23.5.